The number of hydrogen-bond acceptors (Lipinski definition) is 8. The van der Waals surface area contributed by atoms with E-state index in [1.165, 1.54) is 0 Å². The van der Waals surface area contributed by atoms with Gasteiger partial charge in [-0.1, -0.05) is 6.58 Å². The van der Waals surface area contributed by atoms with Crippen molar-refractivity contribution in [1.29, 1.82) is 0 Å². The molecule has 0 aromatic heterocycles. The van der Waals surface area contributed by atoms with Crippen molar-refractivity contribution in [2.24, 2.45) is 5.92 Å². The maximum Gasteiger partial charge on any atom is 0.341 e. The van der Waals surface area contributed by atoms with E-state index in [2.05, 4.69) is 6.58 Å². The maximum absolute atomic E-state index is 12.7. The number of aliphatic hydroxyl groups excluding tert-OH is 1. The van der Waals surface area contributed by atoms with Crippen LogP contribution in [0.5, 0.6) is 0 Å². The number of rotatable bonds is 2. The summed E-state index contributed by atoms with van der Waals surface area (Å²) in [5.74, 6) is -3.47. The first-order valence-electron chi connectivity index (χ1n) is 9.48. The van der Waals surface area contributed by atoms with Crippen molar-refractivity contribution in [1.82, 2.24) is 0 Å². The highest BCUT2D eigenvalue weighted by molar-refractivity contribution is 5.91. The fraction of sp³-hybridized carbons (Fsp3) is 0.700. The van der Waals surface area contributed by atoms with Gasteiger partial charge in [0.2, 0.25) is 0 Å². The molecule has 8 nitrogen and oxygen atoms in total. The Bertz CT molecular complexity index is 789. The van der Waals surface area contributed by atoms with Crippen LogP contribution in [0.3, 0.4) is 0 Å². The molecule has 0 saturated carbocycles. The second kappa shape index (κ2) is 5.89. The van der Waals surface area contributed by atoms with E-state index in [4.69, 9.17) is 18.9 Å². The lowest BCUT2D eigenvalue weighted by molar-refractivity contribution is -0.209. The second-order valence-corrected chi connectivity index (χ2v) is 8.70. The lowest BCUT2D eigenvalue weighted by Crippen LogP contribution is -2.45. The summed E-state index contributed by atoms with van der Waals surface area (Å²) in [7, 11) is 0. The van der Waals surface area contributed by atoms with Crippen LogP contribution in [0.25, 0.3) is 0 Å². The summed E-state index contributed by atoms with van der Waals surface area (Å²) in [6, 6.07) is 0. The third-order valence-electron chi connectivity index (χ3n) is 6.68. The summed E-state index contributed by atoms with van der Waals surface area (Å²) in [5.41, 5.74) is -1.62. The van der Waals surface area contributed by atoms with Crippen molar-refractivity contribution >= 4 is 11.9 Å². The van der Waals surface area contributed by atoms with Gasteiger partial charge >= 0.3 is 11.9 Å². The van der Waals surface area contributed by atoms with Crippen molar-refractivity contribution in [2.75, 3.05) is 0 Å². The Morgan fingerprint density at radius 3 is 2.61 bits per heavy atom. The molecule has 4 rings (SSSR count). The zero-order valence-corrected chi connectivity index (χ0v) is 16.4. The molecule has 3 saturated heterocycles. The average Bonchev–Trinajstić information content (AvgIpc) is 2.99. The van der Waals surface area contributed by atoms with E-state index in [1.807, 2.05) is 0 Å². The molecule has 0 amide bonds. The van der Waals surface area contributed by atoms with Crippen LogP contribution in [0.15, 0.2) is 23.8 Å². The van der Waals surface area contributed by atoms with Gasteiger partial charge in [0.1, 0.15) is 12.2 Å². The molecule has 0 aliphatic carbocycles. The molecule has 0 aromatic rings. The minimum Gasteiger partial charge on any atom is -0.459 e. The van der Waals surface area contributed by atoms with Crippen molar-refractivity contribution in [3.05, 3.63) is 23.8 Å². The molecule has 4 heterocycles. The van der Waals surface area contributed by atoms with Crippen molar-refractivity contribution < 1.29 is 38.7 Å². The van der Waals surface area contributed by atoms with Gasteiger partial charge in [-0.3, -0.25) is 0 Å². The summed E-state index contributed by atoms with van der Waals surface area (Å²) in [6.07, 6.45) is -1.25. The topological polar surface area (TPSA) is 115 Å². The third kappa shape index (κ3) is 2.74. The third-order valence-corrected chi connectivity index (χ3v) is 6.68. The highest BCUT2D eigenvalue weighted by Gasteiger charge is 2.61. The molecule has 4 aliphatic rings. The molecule has 0 aromatic carbocycles. The Kier molecular flexibility index (Phi) is 4.11. The monoisotopic (exact) mass is 394 g/mol. The van der Waals surface area contributed by atoms with Gasteiger partial charge in [0, 0.05) is 18.4 Å². The molecule has 0 spiro atoms. The Morgan fingerprint density at radius 2 is 2.00 bits per heavy atom. The van der Waals surface area contributed by atoms with E-state index < -0.39 is 53.2 Å². The van der Waals surface area contributed by atoms with Crippen LogP contribution in [0, 0.1) is 5.92 Å². The molecule has 0 radical (unpaired) electrons. The summed E-state index contributed by atoms with van der Waals surface area (Å²) in [5, 5.41) is 21.5. The van der Waals surface area contributed by atoms with Crippen LogP contribution in [0.1, 0.15) is 40.5 Å². The molecular weight excluding hydrogens is 368 g/mol. The average molecular weight is 394 g/mol. The first-order valence-corrected chi connectivity index (χ1v) is 9.48. The van der Waals surface area contributed by atoms with Gasteiger partial charge in [-0.2, -0.15) is 0 Å². The van der Waals surface area contributed by atoms with E-state index in [0.29, 0.717) is 5.57 Å². The van der Waals surface area contributed by atoms with E-state index in [9.17, 15) is 19.8 Å². The van der Waals surface area contributed by atoms with Crippen molar-refractivity contribution in [2.45, 2.75) is 81.9 Å². The van der Waals surface area contributed by atoms with Crippen LogP contribution < -0.4 is 0 Å². The summed E-state index contributed by atoms with van der Waals surface area (Å²) in [4.78, 5) is 24.9. The number of carbonyl (C=O) groups excluding carboxylic acids is 2. The Morgan fingerprint density at radius 1 is 1.36 bits per heavy atom. The van der Waals surface area contributed by atoms with Gasteiger partial charge < -0.3 is 29.2 Å². The summed E-state index contributed by atoms with van der Waals surface area (Å²) in [6.45, 7) is 10.5. The number of hydrogen-bond donors (Lipinski definition) is 2. The van der Waals surface area contributed by atoms with E-state index in [1.54, 1.807) is 33.8 Å². The molecule has 4 aliphatic heterocycles. The fourth-order valence-electron chi connectivity index (χ4n) is 4.39. The number of carbonyl (C=O) groups is 2. The molecule has 8 atom stereocenters. The number of ether oxygens (including phenoxy) is 4. The Balaban J connectivity index is 1.74. The minimum atomic E-state index is -1.69. The number of fused-ring (bicyclic) bond motifs is 3. The maximum atomic E-state index is 12.7. The van der Waals surface area contributed by atoms with E-state index in [0.717, 1.165) is 0 Å². The van der Waals surface area contributed by atoms with Crippen LogP contribution in [0.4, 0.5) is 0 Å². The van der Waals surface area contributed by atoms with E-state index >= 15 is 0 Å². The van der Waals surface area contributed by atoms with Crippen LogP contribution in [-0.2, 0) is 28.5 Å². The fourth-order valence-corrected chi connectivity index (χ4v) is 4.39. The molecule has 3 fully saturated rings. The molecule has 8 heteroatoms. The standard InChI is InChI=1S/C20H26O8/c1-9-6-12-15(10(2)16(22)25-12)13(26-17(23)19(5)11(3)27-19)7-18(4)14(21)8-20(9,24)28-18/h6,11-15,21,24H,2,7-8H2,1,3-5H3/b9-6-/t11-,12-,13-,14+,15+,18-,19+,20-/m1/s1. The first-order chi connectivity index (χ1) is 12.9. The second-order valence-electron chi connectivity index (χ2n) is 8.70. The predicted molar refractivity (Wildman–Crippen MR) is 94.8 cm³/mol. The molecular formula is C20H26O8. The summed E-state index contributed by atoms with van der Waals surface area (Å²) >= 11 is 0. The Hall–Kier alpha value is -1.74. The van der Waals surface area contributed by atoms with Gasteiger partial charge in [-0.15, -0.1) is 0 Å². The smallest absolute Gasteiger partial charge is 0.341 e. The van der Waals surface area contributed by atoms with Crippen molar-refractivity contribution in [3.8, 4) is 0 Å². The highest BCUT2D eigenvalue weighted by atomic mass is 16.7. The lowest BCUT2D eigenvalue weighted by Gasteiger charge is -2.34. The van der Waals surface area contributed by atoms with Crippen molar-refractivity contribution in [3.63, 3.8) is 0 Å². The molecule has 2 N–H and O–H groups in total. The van der Waals surface area contributed by atoms with Gasteiger partial charge in [-0.05, 0) is 39.3 Å². The number of aliphatic hydroxyl groups is 2. The number of epoxide rings is 1. The summed E-state index contributed by atoms with van der Waals surface area (Å²) < 4.78 is 22.5. The zero-order valence-electron chi connectivity index (χ0n) is 16.4. The van der Waals surface area contributed by atoms with E-state index in [-0.39, 0.29) is 24.5 Å². The normalized spacial score (nSPS) is 51.9. The molecule has 2 bridgehead atoms. The first kappa shape index (κ1) is 19.6. The minimum absolute atomic E-state index is 0.0311. The molecule has 154 valence electrons. The largest absolute Gasteiger partial charge is 0.459 e. The van der Waals surface area contributed by atoms with Gasteiger partial charge in [0.15, 0.2) is 11.4 Å². The van der Waals surface area contributed by atoms with Crippen LogP contribution in [-0.4, -0.2) is 63.6 Å². The van der Waals surface area contributed by atoms with Gasteiger partial charge in [0.05, 0.1) is 23.7 Å². The molecule has 0 unspecified atom stereocenters. The SMILES string of the molecule is C=C1C(=O)O[C@@H]2/C=C(/C)[C@@]3(O)C[C@H](O)[C@@](C)(C[C@@H](OC(=O)[C@@]4(C)O[C@@H]4C)[C@@H]12)O3. The van der Waals surface area contributed by atoms with Gasteiger partial charge in [-0.25, -0.2) is 9.59 Å². The predicted octanol–water partition coefficient (Wildman–Crippen LogP) is 0.752. The zero-order chi connectivity index (χ0) is 20.6. The number of esters is 2. The van der Waals surface area contributed by atoms with Crippen LogP contribution >= 0.6 is 0 Å². The quantitative estimate of drug-likeness (QED) is 0.305. The Labute approximate surface area is 163 Å². The lowest BCUT2D eigenvalue weighted by atomic mass is 9.80. The van der Waals surface area contributed by atoms with Crippen LogP contribution in [0.2, 0.25) is 0 Å². The molecule has 28 heavy (non-hydrogen) atoms. The van der Waals surface area contributed by atoms with Gasteiger partial charge in [0.25, 0.3) is 0 Å². The highest BCUT2D eigenvalue weighted by Crippen LogP contribution is 2.48.